The van der Waals surface area contributed by atoms with Gasteiger partial charge in [0.05, 0.1) is 13.2 Å². The molecule has 1 rings (SSSR count). The van der Waals surface area contributed by atoms with Crippen LogP contribution in [0.25, 0.3) is 0 Å². The number of amides is 1. The van der Waals surface area contributed by atoms with Gasteiger partial charge in [-0.2, -0.15) is 5.26 Å². The first-order valence-electron chi connectivity index (χ1n) is 5.95. The summed E-state index contributed by atoms with van der Waals surface area (Å²) < 4.78 is 4.67. The minimum atomic E-state index is -0.724. The van der Waals surface area contributed by atoms with Gasteiger partial charge in [-0.3, -0.25) is 4.79 Å². The number of rotatable bonds is 6. The van der Waals surface area contributed by atoms with E-state index in [-0.39, 0.29) is 18.7 Å². The van der Waals surface area contributed by atoms with Crippen LogP contribution in [0.2, 0.25) is 0 Å². The number of nitrogens with zero attached hydrogens (tertiary/aromatic N) is 1. The predicted octanol–water partition coefficient (Wildman–Crippen LogP) is 1.19. The quantitative estimate of drug-likeness (QED) is 0.779. The minimum Gasteiger partial charge on any atom is -0.467 e. The maximum atomic E-state index is 11.6. The first kappa shape index (κ1) is 14.7. The summed E-state index contributed by atoms with van der Waals surface area (Å²) in [5.41, 5.74) is 0.929. The van der Waals surface area contributed by atoms with Crippen molar-refractivity contribution in [2.24, 2.45) is 0 Å². The highest BCUT2D eigenvalue weighted by atomic mass is 16.5. The Labute approximate surface area is 112 Å². The van der Waals surface area contributed by atoms with Gasteiger partial charge in [0, 0.05) is 19.3 Å². The predicted molar refractivity (Wildman–Crippen MR) is 68.9 cm³/mol. The molecule has 5 heteroatoms. The van der Waals surface area contributed by atoms with E-state index < -0.39 is 12.0 Å². The van der Waals surface area contributed by atoms with Crippen molar-refractivity contribution >= 4 is 11.9 Å². The summed E-state index contributed by atoms with van der Waals surface area (Å²) in [5, 5.41) is 11.0. The van der Waals surface area contributed by atoms with Crippen LogP contribution < -0.4 is 5.32 Å². The van der Waals surface area contributed by atoms with E-state index in [0.717, 1.165) is 5.56 Å². The zero-order valence-electron chi connectivity index (χ0n) is 10.8. The fraction of sp³-hybridized carbons (Fsp3) is 0.357. The zero-order valence-corrected chi connectivity index (χ0v) is 10.8. The molecule has 0 heterocycles. The average Bonchev–Trinajstić information content (AvgIpc) is 2.44. The number of ether oxygens (including phenoxy) is 1. The molecule has 0 aliphatic carbocycles. The third kappa shape index (κ3) is 5.21. The molecule has 1 amide bonds. The molecule has 1 N–H and O–H groups in total. The van der Waals surface area contributed by atoms with E-state index >= 15 is 0 Å². The molecule has 0 aromatic heterocycles. The molecule has 0 saturated carbocycles. The SMILES string of the molecule is COC(=O)[C@H](Cc1ccccc1)NC(=O)CCC#N. The molecule has 0 radical (unpaired) electrons. The molecule has 1 atom stereocenters. The van der Waals surface area contributed by atoms with E-state index in [1.54, 1.807) is 0 Å². The third-order valence-corrected chi connectivity index (χ3v) is 2.57. The van der Waals surface area contributed by atoms with E-state index in [2.05, 4.69) is 10.1 Å². The maximum absolute atomic E-state index is 11.6. The van der Waals surface area contributed by atoms with Crippen LogP contribution in [0, 0.1) is 11.3 Å². The van der Waals surface area contributed by atoms with Gasteiger partial charge in [-0.15, -0.1) is 0 Å². The lowest BCUT2D eigenvalue weighted by molar-refractivity contribution is -0.145. The summed E-state index contributed by atoms with van der Waals surface area (Å²) in [4.78, 5) is 23.2. The van der Waals surface area contributed by atoms with Crippen molar-refractivity contribution in [2.45, 2.75) is 25.3 Å². The summed E-state index contributed by atoms with van der Waals surface area (Å²) in [7, 11) is 1.28. The van der Waals surface area contributed by atoms with E-state index in [9.17, 15) is 9.59 Å². The Bertz CT molecular complexity index is 465. The molecule has 0 bridgehead atoms. The minimum absolute atomic E-state index is 0.0821. The standard InChI is InChI=1S/C14H16N2O3/c1-19-14(18)12(16-13(17)8-5-9-15)10-11-6-3-2-4-7-11/h2-4,6-7,12H,5,8,10H2,1H3,(H,16,17)/t12-/m0/s1. The molecule has 1 aromatic carbocycles. The highest BCUT2D eigenvalue weighted by Crippen LogP contribution is 2.05. The number of hydrogen-bond donors (Lipinski definition) is 1. The molecule has 0 fully saturated rings. The fourth-order valence-corrected chi connectivity index (χ4v) is 1.62. The molecule has 5 nitrogen and oxygen atoms in total. The second-order valence-corrected chi connectivity index (χ2v) is 3.99. The Morgan fingerprint density at radius 3 is 2.63 bits per heavy atom. The monoisotopic (exact) mass is 260 g/mol. The van der Waals surface area contributed by atoms with Gasteiger partial charge in [-0.05, 0) is 5.56 Å². The molecular formula is C14H16N2O3. The third-order valence-electron chi connectivity index (χ3n) is 2.57. The topological polar surface area (TPSA) is 79.2 Å². The number of hydrogen-bond acceptors (Lipinski definition) is 4. The number of methoxy groups -OCH3 is 1. The number of benzene rings is 1. The van der Waals surface area contributed by atoms with Gasteiger partial charge in [0.15, 0.2) is 0 Å². The van der Waals surface area contributed by atoms with E-state index in [1.165, 1.54) is 7.11 Å². The second-order valence-electron chi connectivity index (χ2n) is 3.99. The average molecular weight is 260 g/mol. The first-order valence-corrected chi connectivity index (χ1v) is 5.95. The Morgan fingerprint density at radius 2 is 2.05 bits per heavy atom. The van der Waals surface area contributed by atoms with Gasteiger partial charge in [0.1, 0.15) is 6.04 Å². The van der Waals surface area contributed by atoms with Crippen LogP contribution in [0.5, 0.6) is 0 Å². The summed E-state index contributed by atoms with van der Waals surface area (Å²) >= 11 is 0. The lowest BCUT2D eigenvalue weighted by Gasteiger charge is -2.16. The highest BCUT2D eigenvalue weighted by molar-refractivity contribution is 5.84. The Kier molecular flexibility index (Phi) is 6.10. The molecular weight excluding hydrogens is 244 g/mol. The fourth-order valence-electron chi connectivity index (χ4n) is 1.62. The molecule has 0 aliphatic heterocycles. The summed E-state index contributed by atoms with van der Waals surface area (Å²) in [6.45, 7) is 0. The van der Waals surface area contributed by atoms with Crippen molar-refractivity contribution in [1.29, 1.82) is 5.26 Å². The number of carbonyl (C=O) groups excluding carboxylic acids is 2. The van der Waals surface area contributed by atoms with Gasteiger partial charge in [0.2, 0.25) is 5.91 Å². The van der Waals surface area contributed by atoms with Crippen LogP contribution in [0.1, 0.15) is 18.4 Å². The molecule has 0 saturated heterocycles. The highest BCUT2D eigenvalue weighted by Gasteiger charge is 2.21. The Hall–Kier alpha value is -2.35. The van der Waals surface area contributed by atoms with Crippen molar-refractivity contribution in [1.82, 2.24) is 5.32 Å². The lowest BCUT2D eigenvalue weighted by atomic mass is 10.1. The molecule has 0 spiro atoms. The Balaban J connectivity index is 2.65. The van der Waals surface area contributed by atoms with Crippen LogP contribution in [0.3, 0.4) is 0 Å². The second kappa shape index (κ2) is 7.88. The van der Waals surface area contributed by atoms with E-state index in [1.807, 2.05) is 36.4 Å². The van der Waals surface area contributed by atoms with Crippen LogP contribution in [-0.4, -0.2) is 25.0 Å². The Morgan fingerprint density at radius 1 is 1.37 bits per heavy atom. The number of carbonyl (C=O) groups is 2. The smallest absolute Gasteiger partial charge is 0.328 e. The van der Waals surface area contributed by atoms with Gasteiger partial charge < -0.3 is 10.1 Å². The normalized spacial score (nSPS) is 11.2. The summed E-state index contributed by atoms with van der Waals surface area (Å²) in [5.74, 6) is -0.818. The van der Waals surface area contributed by atoms with Gasteiger partial charge in [-0.1, -0.05) is 30.3 Å². The van der Waals surface area contributed by atoms with Crippen LogP contribution in [0.15, 0.2) is 30.3 Å². The van der Waals surface area contributed by atoms with Crippen LogP contribution >= 0.6 is 0 Å². The largest absolute Gasteiger partial charge is 0.467 e. The van der Waals surface area contributed by atoms with Crippen molar-refractivity contribution in [2.75, 3.05) is 7.11 Å². The first-order chi connectivity index (χ1) is 9.17. The van der Waals surface area contributed by atoms with E-state index in [0.29, 0.717) is 6.42 Å². The molecule has 1 aromatic rings. The van der Waals surface area contributed by atoms with Gasteiger partial charge in [0.25, 0.3) is 0 Å². The molecule has 0 aliphatic rings. The number of nitriles is 1. The van der Waals surface area contributed by atoms with Crippen molar-refractivity contribution in [3.05, 3.63) is 35.9 Å². The van der Waals surface area contributed by atoms with Crippen LogP contribution in [-0.2, 0) is 20.7 Å². The van der Waals surface area contributed by atoms with Gasteiger partial charge >= 0.3 is 5.97 Å². The van der Waals surface area contributed by atoms with E-state index in [4.69, 9.17) is 5.26 Å². The molecule has 0 unspecified atom stereocenters. The molecule has 100 valence electrons. The molecule has 19 heavy (non-hydrogen) atoms. The zero-order chi connectivity index (χ0) is 14.1. The summed E-state index contributed by atoms with van der Waals surface area (Å²) in [6, 6.07) is 10.5. The number of nitrogens with one attached hydrogen (secondary N) is 1. The number of esters is 1. The van der Waals surface area contributed by atoms with Crippen LogP contribution in [0.4, 0.5) is 0 Å². The van der Waals surface area contributed by atoms with Crippen molar-refractivity contribution in [3.63, 3.8) is 0 Å². The van der Waals surface area contributed by atoms with Crippen molar-refractivity contribution in [3.8, 4) is 6.07 Å². The van der Waals surface area contributed by atoms with Crippen molar-refractivity contribution < 1.29 is 14.3 Å². The maximum Gasteiger partial charge on any atom is 0.328 e. The lowest BCUT2D eigenvalue weighted by Crippen LogP contribution is -2.42. The van der Waals surface area contributed by atoms with Gasteiger partial charge in [-0.25, -0.2) is 4.79 Å². The summed E-state index contributed by atoms with van der Waals surface area (Å²) in [6.07, 6.45) is 0.579.